The molecule has 0 atom stereocenters. The predicted octanol–water partition coefficient (Wildman–Crippen LogP) is 3.00. The van der Waals surface area contributed by atoms with Gasteiger partial charge in [0, 0.05) is 6.07 Å². The first kappa shape index (κ1) is 12.7. The van der Waals surface area contributed by atoms with E-state index in [9.17, 15) is 8.78 Å². The van der Waals surface area contributed by atoms with Crippen molar-refractivity contribution in [2.45, 2.75) is 0 Å². The van der Waals surface area contributed by atoms with E-state index in [1.165, 1.54) is 23.5 Å². The highest BCUT2D eigenvalue weighted by Crippen LogP contribution is 2.29. The molecule has 0 saturated carbocycles. The minimum Gasteiger partial charge on any atom is -0.337 e. The molecule has 1 aromatic carbocycles. The fourth-order valence-electron chi connectivity index (χ4n) is 1.73. The number of nitrogens with two attached hydrogens (primary N) is 1. The normalized spacial score (nSPS) is 10.8. The van der Waals surface area contributed by atoms with Gasteiger partial charge in [-0.3, -0.25) is 5.43 Å². The molecule has 20 heavy (non-hydrogen) atoms. The molecule has 4 N–H and O–H groups in total. The van der Waals surface area contributed by atoms with Gasteiger partial charge in [0.1, 0.15) is 22.3 Å². The van der Waals surface area contributed by atoms with E-state index in [2.05, 4.69) is 20.7 Å². The molecular formula is C12H9F2N5S. The van der Waals surface area contributed by atoms with Crippen LogP contribution in [0.1, 0.15) is 0 Å². The molecule has 5 nitrogen and oxygen atoms in total. The Morgan fingerprint density at radius 3 is 2.75 bits per heavy atom. The Morgan fingerprint density at radius 1 is 1.15 bits per heavy atom. The van der Waals surface area contributed by atoms with Crippen LogP contribution in [0.5, 0.6) is 0 Å². The summed E-state index contributed by atoms with van der Waals surface area (Å²) in [5, 5.41) is 5.39. The van der Waals surface area contributed by atoms with Gasteiger partial charge in [0.25, 0.3) is 0 Å². The average Bonchev–Trinajstić information content (AvgIpc) is 2.90. The topological polar surface area (TPSA) is 75.9 Å². The molecule has 0 bridgehead atoms. The van der Waals surface area contributed by atoms with Crippen molar-refractivity contribution in [3.8, 4) is 0 Å². The fraction of sp³-hybridized carbons (Fsp3) is 0. The van der Waals surface area contributed by atoms with Crippen molar-refractivity contribution in [1.29, 1.82) is 0 Å². The van der Waals surface area contributed by atoms with Crippen LogP contribution in [0.25, 0.3) is 10.2 Å². The van der Waals surface area contributed by atoms with Gasteiger partial charge in [0.2, 0.25) is 5.95 Å². The summed E-state index contributed by atoms with van der Waals surface area (Å²) in [6, 6.07) is 5.08. The zero-order valence-corrected chi connectivity index (χ0v) is 10.8. The Bertz CT molecular complexity index is 774. The van der Waals surface area contributed by atoms with Crippen molar-refractivity contribution < 1.29 is 8.78 Å². The lowest BCUT2D eigenvalue weighted by atomic mass is 10.3. The van der Waals surface area contributed by atoms with Gasteiger partial charge in [-0.1, -0.05) is 0 Å². The summed E-state index contributed by atoms with van der Waals surface area (Å²) in [4.78, 5) is 9.01. The van der Waals surface area contributed by atoms with Crippen LogP contribution in [0.3, 0.4) is 0 Å². The van der Waals surface area contributed by atoms with Gasteiger partial charge >= 0.3 is 0 Å². The van der Waals surface area contributed by atoms with Crippen LogP contribution in [-0.2, 0) is 0 Å². The number of hydrogen-bond donors (Lipinski definition) is 3. The number of nitrogen functional groups attached to an aromatic ring is 1. The van der Waals surface area contributed by atoms with E-state index in [0.29, 0.717) is 10.6 Å². The van der Waals surface area contributed by atoms with Gasteiger partial charge in [0.15, 0.2) is 0 Å². The summed E-state index contributed by atoms with van der Waals surface area (Å²) in [5.74, 6) is 4.57. The molecule has 0 aliphatic rings. The Labute approximate surface area is 116 Å². The molecule has 0 fully saturated rings. The Kier molecular flexibility index (Phi) is 3.17. The lowest BCUT2D eigenvalue weighted by Gasteiger charge is -2.09. The van der Waals surface area contributed by atoms with Crippen LogP contribution in [-0.4, -0.2) is 9.97 Å². The highest BCUT2D eigenvalue weighted by Gasteiger charge is 2.11. The highest BCUT2D eigenvalue weighted by atomic mass is 32.1. The Morgan fingerprint density at radius 2 is 2.00 bits per heavy atom. The van der Waals surface area contributed by atoms with Gasteiger partial charge in [-0.05, 0) is 23.6 Å². The van der Waals surface area contributed by atoms with Gasteiger partial charge in [0.05, 0.1) is 11.1 Å². The average molecular weight is 293 g/mol. The van der Waals surface area contributed by atoms with Gasteiger partial charge in [-0.15, -0.1) is 11.3 Å². The Hall–Kier alpha value is -2.32. The SMILES string of the molecule is NNc1nc(Nc2ccc(F)cc2F)c2ccsc2n1. The number of anilines is 3. The molecule has 0 radical (unpaired) electrons. The first-order chi connectivity index (χ1) is 9.67. The molecule has 3 rings (SSSR count). The van der Waals surface area contributed by atoms with Crippen LogP contribution in [0.15, 0.2) is 29.6 Å². The lowest BCUT2D eigenvalue weighted by Crippen LogP contribution is -2.11. The van der Waals surface area contributed by atoms with Crippen molar-refractivity contribution in [2.75, 3.05) is 10.7 Å². The second kappa shape index (κ2) is 4.99. The summed E-state index contributed by atoms with van der Waals surface area (Å²) < 4.78 is 26.6. The van der Waals surface area contributed by atoms with Crippen molar-refractivity contribution in [1.82, 2.24) is 9.97 Å². The maximum absolute atomic E-state index is 13.7. The van der Waals surface area contributed by atoms with Crippen molar-refractivity contribution in [2.24, 2.45) is 5.84 Å². The third-order valence-electron chi connectivity index (χ3n) is 2.64. The smallest absolute Gasteiger partial charge is 0.240 e. The summed E-state index contributed by atoms with van der Waals surface area (Å²) in [6.45, 7) is 0. The summed E-state index contributed by atoms with van der Waals surface area (Å²) in [5.41, 5.74) is 2.48. The number of fused-ring (bicyclic) bond motifs is 1. The summed E-state index contributed by atoms with van der Waals surface area (Å²) in [7, 11) is 0. The first-order valence-corrected chi connectivity index (χ1v) is 6.49. The number of hydrogen-bond acceptors (Lipinski definition) is 6. The Balaban J connectivity index is 2.07. The molecule has 0 aliphatic heterocycles. The molecule has 102 valence electrons. The number of rotatable bonds is 3. The van der Waals surface area contributed by atoms with Crippen molar-refractivity contribution in [3.05, 3.63) is 41.3 Å². The molecule has 0 spiro atoms. The van der Waals surface area contributed by atoms with E-state index in [1.807, 2.05) is 11.4 Å². The third kappa shape index (κ3) is 2.26. The molecule has 2 heterocycles. The zero-order valence-electron chi connectivity index (χ0n) is 10.0. The fourth-order valence-corrected chi connectivity index (χ4v) is 2.50. The van der Waals surface area contributed by atoms with Gasteiger partial charge in [-0.25, -0.2) is 19.6 Å². The van der Waals surface area contributed by atoms with E-state index in [-0.39, 0.29) is 11.6 Å². The highest BCUT2D eigenvalue weighted by molar-refractivity contribution is 7.16. The van der Waals surface area contributed by atoms with Crippen LogP contribution in [0.4, 0.5) is 26.2 Å². The summed E-state index contributed by atoms with van der Waals surface area (Å²) in [6.07, 6.45) is 0. The second-order valence-electron chi connectivity index (χ2n) is 3.93. The van der Waals surface area contributed by atoms with E-state index in [0.717, 1.165) is 11.5 Å². The number of thiophene rings is 1. The van der Waals surface area contributed by atoms with E-state index in [4.69, 9.17) is 5.84 Å². The largest absolute Gasteiger partial charge is 0.337 e. The van der Waals surface area contributed by atoms with Crippen molar-refractivity contribution in [3.63, 3.8) is 0 Å². The van der Waals surface area contributed by atoms with Crippen LogP contribution in [0.2, 0.25) is 0 Å². The van der Waals surface area contributed by atoms with Crippen molar-refractivity contribution >= 4 is 39.0 Å². The van der Waals surface area contributed by atoms with E-state index < -0.39 is 11.6 Å². The molecule has 2 aromatic heterocycles. The summed E-state index contributed by atoms with van der Waals surface area (Å²) >= 11 is 1.41. The third-order valence-corrected chi connectivity index (χ3v) is 3.44. The molecule has 3 aromatic rings. The number of aromatic nitrogens is 2. The standard InChI is InChI=1S/C12H9F2N5S/c13-6-1-2-9(8(14)5-6)16-10-7-3-4-20-11(7)18-12(17-10)19-15/h1-5H,15H2,(H2,16,17,18,19). The molecule has 0 aliphatic carbocycles. The first-order valence-electron chi connectivity index (χ1n) is 5.61. The predicted molar refractivity (Wildman–Crippen MR) is 74.9 cm³/mol. The van der Waals surface area contributed by atoms with Crippen LogP contribution in [0, 0.1) is 11.6 Å². The number of hydrazine groups is 1. The molecule has 0 unspecified atom stereocenters. The minimum absolute atomic E-state index is 0.126. The van der Waals surface area contributed by atoms with E-state index >= 15 is 0 Å². The number of nitrogens with one attached hydrogen (secondary N) is 2. The monoisotopic (exact) mass is 293 g/mol. The van der Waals surface area contributed by atoms with Gasteiger partial charge < -0.3 is 5.32 Å². The zero-order chi connectivity index (χ0) is 14.1. The maximum atomic E-state index is 13.7. The van der Waals surface area contributed by atoms with Gasteiger partial charge in [-0.2, -0.15) is 4.98 Å². The molecule has 0 amide bonds. The quantitative estimate of drug-likeness (QED) is 0.511. The van der Waals surface area contributed by atoms with E-state index in [1.54, 1.807) is 0 Å². The molecule has 0 saturated heterocycles. The molecule has 8 heteroatoms. The molecular weight excluding hydrogens is 284 g/mol. The van der Waals surface area contributed by atoms with Crippen LogP contribution >= 0.6 is 11.3 Å². The number of halogens is 2. The minimum atomic E-state index is -0.700. The lowest BCUT2D eigenvalue weighted by molar-refractivity contribution is 0.586. The van der Waals surface area contributed by atoms with Crippen LogP contribution < -0.4 is 16.6 Å². The number of nitrogens with zero attached hydrogens (tertiary/aromatic N) is 2. The second-order valence-corrected chi connectivity index (χ2v) is 4.82. The maximum Gasteiger partial charge on any atom is 0.240 e. The number of benzene rings is 1.